The number of likely N-dealkylation sites (tertiary alicyclic amines) is 1. The number of piperazine rings is 1. The minimum absolute atomic E-state index is 0.00915. The van der Waals surface area contributed by atoms with E-state index in [1.54, 1.807) is 31.7 Å². The van der Waals surface area contributed by atoms with Crippen LogP contribution < -0.4 is 15.0 Å². The van der Waals surface area contributed by atoms with Crippen LogP contribution in [0.5, 0.6) is 6.01 Å². The van der Waals surface area contributed by atoms with E-state index in [4.69, 9.17) is 40.3 Å². The largest absolute Gasteiger partial charge is 0.462 e. The first kappa shape index (κ1) is 49.8. The minimum atomic E-state index is -0.849. The molecule has 67 heavy (non-hydrogen) atoms. The highest BCUT2D eigenvalue weighted by Gasteiger charge is 2.45. The van der Waals surface area contributed by atoms with Crippen molar-refractivity contribution in [3.8, 4) is 23.2 Å². The molecular weight excluding hydrogens is 908 g/mol. The fourth-order valence-electron chi connectivity index (χ4n) is 8.94. The lowest BCUT2D eigenvalue weighted by molar-refractivity contribution is -0.156. The highest BCUT2D eigenvalue weighted by molar-refractivity contribution is 7.23. The molecule has 7 rings (SSSR count). The van der Waals surface area contributed by atoms with Crippen LogP contribution in [-0.2, 0) is 23.7 Å². The lowest BCUT2D eigenvalue weighted by Gasteiger charge is -2.42. The average molecular weight is 969 g/mol. The van der Waals surface area contributed by atoms with Gasteiger partial charge in [-0.25, -0.2) is 18.4 Å². The molecule has 3 saturated heterocycles. The van der Waals surface area contributed by atoms with E-state index in [1.165, 1.54) is 6.07 Å². The van der Waals surface area contributed by atoms with Gasteiger partial charge in [0.25, 0.3) is 0 Å². The molecule has 1 N–H and O–H groups in total. The van der Waals surface area contributed by atoms with E-state index in [9.17, 15) is 19.6 Å². The normalized spacial score (nSPS) is 18.9. The van der Waals surface area contributed by atoms with Crippen molar-refractivity contribution in [1.29, 1.82) is 5.26 Å². The maximum atomic E-state index is 17.6. The highest BCUT2D eigenvalue weighted by atomic mass is 35.5. The van der Waals surface area contributed by atoms with E-state index in [2.05, 4.69) is 21.3 Å². The number of amides is 2. The van der Waals surface area contributed by atoms with Crippen molar-refractivity contribution in [3.63, 3.8) is 0 Å². The van der Waals surface area contributed by atoms with Crippen molar-refractivity contribution in [2.45, 2.75) is 136 Å². The SMILES string of the molecule is CC(C)(C)OC(=O)CCOCCCN1CCC[C@H]1COc1nc(N2CC3CCC(C2)N3C(=O)OC(C)(C)C)c2cc(Cl)c(-c3ccc(F)c4sc(NC(=O)OC(C)(C)C)c(C#N)c34)c(F)c2n1. The first-order valence-corrected chi connectivity index (χ1v) is 24.0. The highest BCUT2D eigenvalue weighted by Crippen LogP contribution is 2.47. The van der Waals surface area contributed by atoms with Crippen molar-refractivity contribution < 1.29 is 46.8 Å². The van der Waals surface area contributed by atoms with Crippen molar-refractivity contribution in [2.24, 2.45) is 0 Å². The molecule has 2 aromatic carbocycles. The molecule has 2 bridgehead atoms. The van der Waals surface area contributed by atoms with Crippen molar-refractivity contribution in [1.82, 2.24) is 19.8 Å². The Morgan fingerprint density at radius 1 is 0.940 bits per heavy atom. The fraction of sp³-hybridized carbons (Fsp3) is 0.583. The predicted molar refractivity (Wildman–Crippen MR) is 253 cm³/mol. The van der Waals surface area contributed by atoms with Crippen LogP contribution in [-0.4, -0.2) is 119 Å². The van der Waals surface area contributed by atoms with Gasteiger partial charge in [-0.2, -0.15) is 15.2 Å². The Bertz CT molecular complexity index is 2550. The van der Waals surface area contributed by atoms with Gasteiger partial charge in [-0.3, -0.25) is 19.9 Å². The number of fused-ring (bicyclic) bond motifs is 4. The van der Waals surface area contributed by atoms with Crippen molar-refractivity contribution in [3.05, 3.63) is 40.4 Å². The zero-order chi connectivity index (χ0) is 48.6. The summed E-state index contributed by atoms with van der Waals surface area (Å²) in [6, 6.07) is 5.71. The molecule has 19 heteroatoms. The summed E-state index contributed by atoms with van der Waals surface area (Å²) in [5.41, 5.74) is -2.28. The lowest BCUT2D eigenvalue weighted by Crippen LogP contribution is -2.57. The molecule has 3 atom stereocenters. The van der Waals surface area contributed by atoms with Gasteiger partial charge < -0.3 is 28.6 Å². The molecule has 3 aliphatic heterocycles. The number of halogens is 3. The van der Waals surface area contributed by atoms with Gasteiger partial charge in [-0.1, -0.05) is 17.7 Å². The van der Waals surface area contributed by atoms with Gasteiger partial charge in [0.05, 0.1) is 40.4 Å². The van der Waals surface area contributed by atoms with Gasteiger partial charge in [0.15, 0.2) is 5.82 Å². The summed E-state index contributed by atoms with van der Waals surface area (Å²) >= 11 is 7.87. The second-order valence-corrected chi connectivity index (χ2v) is 21.7. The Kier molecular flexibility index (Phi) is 14.8. The molecule has 0 spiro atoms. The molecular formula is C48H60ClF2N7O8S. The zero-order valence-electron chi connectivity index (χ0n) is 39.6. The number of rotatable bonds is 13. The summed E-state index contributed by atoms with van der Waals surface area (Å²) in [5.74, 6) is -1.45. The molecule has 3 aliphatic rings. The topological polar surface area (TPSA) is 169 Å². The van der Waals surface area contributed by atoms with Crippen LogP contribution in [0.2, 0.25) is 5.02 Å². The summed E-state index contributed by atoms with van der Waals surface area (Å²) in [6.07, 6.45) is 2.98. The smallest absolute Gasteiger partial charge is 0.412 e. The number of esters is 1. The number of nitrogens with zero attached hydrogens (tertiary/aromatic N) is 6. The predicted octanol–water partition coefficient (Wildman–Crippen LogP) is 10.2. The zero-order valence-corrected chi connectivity index (χ0v) is 41.2. The van der Waals surface area contributed by atoms with Crippen molar-refractivity contribution >= 4 is 72.9 Å². The number of nitriles is 1. The first-order chi connectivity index (χ1) is 31.5. The number of aromatic nitrogens is 2. The molecule has 4 aromatic rings. The number of ether oxygens (including phenoxy) is 5. The fourth-order valence-corrected chi connectivity index (χ4v) is 10.3. The van der Waals surface area contributed by atoms with E-state index >= 15 is 8.78 Å². The van der Waals surface area contributed by atoms with Gasteiger partial charge in [0, 0.05) is 48.6 Å². The maximum Gasteiger partial charge on any atom is 0.412 e. The van der Waals surface area contributed by atoms with Crippen molar-refractivity contribution in [2.75, 3.05) is 56.2 Å². The standard InChI is InChI=1S/C48H60ClF2N7O8S/c1-46(2,3)64-35(59)17-21-62-20-11-19-56-18-10-12-29(56)26-63-43-53-39-31(41(54-43)57-24-27-13-14-28(25-57)58(27)45(61)66-48(7,8)9)22-33(49)37(38(39)51)30-15-16-34(50)40-36(30)32(23-52)42(67-40)55-44(60)65-47(4,5)6/h15-16,22,27-29H,10-14,17-21,24-26H2,1-9H3,(H,55,60)/t27?,28?,29-/m0/s1. The lowest BCUT2D eigenvalue weighted by atomic mass is 9.97. The van der Waals surface area contributed by atoms with Crippen LogP contribution in [0.3, 0.4) is 0 Å². The third-order valence-corrected chi connectivity index (χ3v) is 12.9. The van der Waals surface area contributed by atoms with Crippen LogP contribution in [0.25, 0.3) is 32.1 Å². The Balaban J connectivity index is 1.20. The van der Waals surface area contributed by atoms with Crippen LogP contribution in [0.1, 0.15) is 106 Å². The molecule has 5 heterocycles. The Morgan fingerprint density at radius 3 is 2.28 bits per heavy atom. The number of carbonyl (C=O) groups is 3. The number of thiophene rings is 1. The number of nitrogens with one attached hydrogen (secondary N) is 1. The number of hydrogen-bond acceptors (Lipinski definition) is 14. The molecule has 362 valence electrons. The summed E-state index contributed by atoms with van der Waals surface area (Å²) in [4.78, 5) is 54.0. The first-order valence-electron chi connectivity index (χ1n) is 22.8. The van der Waals surface area contributed by atoms with E-state index in [-0.39, 0.29) is 98.2 Å². The monoisotopic (exact) mass is 967 g/mol. The maximum absolute atomic E-state index is 17.6. The second-order valence-electron chi connectivity index (χ2n) is 20.2. The minimum Gasteiger partial charge on any atom is -0.462 e. The van der Waals surface area contributed by atoms with Crippen LogP contribution >= 0.6 is 22.9 Å². The average Bonchev–Trinajstić information content (AvgIpc) is 3.90. The number of benzene rings is 2. The summed E-state index contributed by atoms with van der Waals surface area (Å²) in [7, 11) is 0. The van der Waals surface area contributed by atoms with E-state index < -0.39 is 34.5 Å². The molecule has 0 radical (unpaired) electrons. The summed E-state index contributed by atoms with van der Waals surface area (Å²) in [5, 5.41) is 13.3. The van der Waals surface area contributed by atoms with Crippen LogP contribution in [0, 0.1) is 23.0 Å². The molecule has 15 nitrogen and oxygen atoms in total. The molecule has 2 aromatic heterocycles. The Morgan fingerprint density at radius 2 is 1.63 bits per heavy atom. The summed E-state index contributed by atoms with van der Waals surface area (Å²) in [6.45, 7) is 19.3. The second kappa shape index (κ2) is 19.9. The van der Waals surface area contributed by atoms with Crippen LogP contribution in [0.4, 0.5) is 29.2 Å². The third kappa shape index (κ3) is 11.8. The van der Waals surface area contributed by atoms with E-state index in [0.29, 0.717) is 30.9 Å². The Hall–Kier alpha value is -5.09. The number of carbonyl (C=O) groups excluding carboxylic acids is 3. The third-order valence-electron chi connectivity index (χ3n) is 11.5. The number of hydrogen-bond donors (Lipinski definition) is 1. The quantitative estimate of drug-likeness (QED) is 0.0764. The van der Waals surface area contributed by atoms with Gasteiger partial charge >= 0.3 is 24.2 Å². The molecule has 0 saturated carbocycles. The molecule has 3 fully saturated rings. The van der Waals surface area contributed by atoms with Gasteiger partial charge in [-0.15, -0.1) is 11.3 Å². The molecule has 0 aliphatic carbocycles. The van der Waals surface area contributed by atoms with Gasteiger partial charge in [0.2, 0.25) is 0 Å². The van der Waals surface area contributed by atoms with E-state index in [1.807, 2.05) is 46.4 Å². The molecule has 2 unspecified atom stereocenters. The molecule has 2 amide bonds. The van der Waals surface area contributed by atoms with Gasteiger partial charge in [0.1, 0.15) is 51.6 Å². The summed E-state index contributed by atoms with van der Waals surface area (Å²) < 4.78 is 61.9. The van der Waals surface area contributed by atoms with E-state index in [0.717, 1.165) is 62.6 Å². The number of anilines is 2. The van der Waals surface area contributed by atoms with Gasteiger partial charge in [-0.05, 0) is 119 Å². The Labute approximate surface area is 399 Å². The van der Waals surface area contributed by atoms with Crippen LogP contribution in [0.15, 0.2) is 18.2 Å².